The van der Waals surface area contributed by atoms with Crippen molar-refractivity contribution in [2.75, 3.05) is 20.8 Å². The molecule has 29 heavy (non-hydrogen) atoms. The number of hydrogen-bond acceptors (Lipinski definition) is 4. The normalized spacial score (nSPS) is 15.5. The summed E-state index contributed by atoms with van der Waals surface area (Å²) in [5.41, 5.74) is 3.40. The molecular formula is C22H22FN3O3. The summed E-state index contributed by atoms with van der Waals surface area (Å²) < 4.78 is 24.4. The Balaban J connectivity index is 1.93. The van der Waals surface area contributed by atoms with Gasteiger partial charge in [-0.2, -0.15) is 5.10 Å². The molecule has 0 unspecified atom stereocenters. The fraction of sp³-hybridized carbons (Fsp3) is 0.273. The molecule has 0 bridgehead atoms. The van der Waals surface area contributed by atoms with Crippen molar-refractivity contribution in [3.8, 4) is 22.8 Å². The summed E-state index contributed by atoms with van der Waals surface area (Å²) in [6.07, 6.45) is 0.804. The van der Waals surface area contributed by atoms with Crippen LogP contribution in [-0.2, 0) is 0 Å². The van der Waals surface area contributed by atoms with Gasteiger partial charge >= 0.3 is 0 Å². The van der Waals surface area contributed by atoms with Gasteiger partial charge in [0.1, 0.15) is 23.0 Å². The smallest absolute Gasteiger partial charge is 0.273 e. The average molecular weight is 395 g/mol. The second-order valence-corrected chi connectivity index (χ2v) is 6.88. The number of benzene rings is 2. The minimum Gasteiger partial charge on any atom is -0.497 e. The van der Waals surface area contributed by atoms with E-state index in [1.807, 2.05) is 30.0 Å². The lowest BCUT2D eigenvalue weighted by atomic mass is 9.95. The molecular weight excluding hydrogens is 373 g/mol. The largest absolute Gasteiger partial charge is 0.497 e. The summed E-state index contributed by atoms with van der Waals surface area (Å²) >= 11 is 0. The van der Waals surface area contributed by atoms with Crippen molar-refractivity contribution in [3.05, 3.63) is 65.1 Å². The van der Waals surface area contributed by atoms with E-state index >= 15 is 0 Å². The number of fused-ring (bicyclic) bond motifs is 1. The van der Waals surface area contributed by atoms with Crippen LogP contribution < -0.4 is 9.47 Å². The van der Waals surface area contributed by atoms with E-state index in [1.165, 1.54) is 12.1 Å². The van der Waals surface area contributed by atoms with E-state index in [4.69, 9.17) is 9.47 Å². The Kier molecular flexibility index (Phi) is 4.96. The second-order valence-electron chi connectivity index (χ2n) is 6.88. The first-order chi connectivity index (χ1) is 14.1. The molecule has 4 rings (SSSR count). The monoisotopic (exact) mass is 395 g/mol. The number of carbonyl (C=O) groups is 1. The van der Waals surface area contributed by atoms with E-state index in [1.54, 1.807) is 26.4 Å². The first kappa shape index (κ1) is 19.0. The van der Waals surface area contributed by atoms with Gasteiger partial charge in [0.2, 0.25) is 0 Å². The Hall–Kier alpha value is -3.35. The maximum atomic E-state index is 13.4. The molecule has 0 saturated heterocycles. The Morgan fingerprint density at radius 3 is 2.55 bits per heavy atom. The Labute approximate surface area is 168 Å². The summed E-state index contributed by atoms with van der Waals surface area (Å²) in [7, 11) is 3.20. The quantitative estimate of drug-likeness (QED) is 0.680. The van der Waals surface area contributed by atoms with Crippen molar-refractivity contribution in [2.45, 2.75) is 19.4 Å². The molecule has 1 atom stereocenters. The van der Waals surface area contributed by atoms with Crippen molar-refractivity contribution in [2.24, 2.45) is 0 Å². The van der Waals surface area contributed by atoms with Crippen molar-refractivity contribution in [1.82, 2.24) is 15.1 Å². The van der Waals surface area contributed by atoms with Gasteiger partial charge in [-0.15, -0.1) is 0 Å². The molecule has 0 spiro atoms. The number of nitrogens with one attached hydrogen (secondary N) is 1. The zero-order valence-electron chi connectivity index (χ0n) is 16.5. The predicted molar refractivity (Wildman–Crippen MR) is 107 cm³/mol. The molecule has 1 amide bonds. The van der Waals surface area contributed by atoms with Crippen molar-refractivity contribution in [1.29, 1.82) is 0 Å². The number of hydrogen-bond donors (Lipinski definition) is 1. The standard InChI is InChI=1S/C22H22FN3O3/c1-4-11-26-21(16-12-15(28-2)9-10-17(16)29-3)18-19(24-25-20(18)22(26)27)13-5-7-14(23)8-6-13/h5-10,12,21H,4,11H2,1-3H3,(H,24,25)/t21-/m1/s1. The van der Waals surface area contributed by atoms with E-state index in [0.717, 1.165) is 23.1 Å². The number of methoxy groups -OCH3 is 2. The first-order valence-corrected chi connectivity index (χ1v) is 9.46. The lowest BCUT2D eigenvalue weighted by molar-refractivity contribution is 0.0742. The first-order valence-electron chi connectivity index (χ1n) is 9.46. The van der Waals surface area contributed by atoms with Crippen LogP contribution in [0.2, 0.25) is 0 Å². The van der Waals surface area contributed by atoms with Crippen LogP contribution >= 0.6 is 0 Å². The fourth-order valence-corrected chi connectivity index (χ4v) is 3.87. The third-order valence-electron chi connectivity index (χ3n) is 5.18. The fourth-order valence-electron chi connectivity index (χ4n) is 3.87. The van der Waals surface area contributed by atoms with Crippen LogP contribution in [0.5, 0.6) is 11.5 Å². The molecule has 0 radical (unpaired) electrons. The number of amides is 1. The number of ether oxygens (including phenoxy) is 2. The van der Waals surface area contributed by atoms with Gasteiger partial charge in [0.25, 0.3) is 5.91 Å². The third kappa shape index (κ3) is 3.12. The van der Waals surface area contributed by atoms with Gasteiger partial charge < -0.3 is 14.4 Å². The molecule has 0 saturated carbocycles. The number of aromatic nitrogens is 2. The molecule has 1 aliphatic rings. The molecule has 0 aliphatic carbocycles. The molecule has 2 heterocycles. The number of rotatable bonds is 6. The number of nitrogens with zero attached hydrogens (tertiary/aromatic N) is 2. The van der Waals surface area contributed by atoms with Gasteiger partial charge in [-0.05, 0) is 48.9 Å². The van der Waals surface area contributed by atoms with Crippen LogP contribution in [-0.4, -0.2) is 41.8 Å². The highest BCUT2D eigenvalue weighted by Crippen LogP contribution is 2.46. The molecule has 3 aromatic rings. The van der Waals surface area contributed by atoms with Crippen LogP contribution in [0.3, 0.4) is 0 Å². The van der Waals surface area contributed by atoms with E-state index < -0.39 is 0 Å². The van der Waals surface area contributed by atoms with Crippen LogP contribution in [0.25, 0.3) is 11.3 Å². The van der Waals surface area contributed by atoms with E-state index in [9.17, 15) is 9.18 Å². The average Bonchev–Trinajstić information content (AvgIpc) is 3.28. The Morgan fingerprint density at radius 2 is 1.90 bits per heavy atom. The van der Waals surface area contributed by atoms with Crippen LogP contribution in [0, 0.1) is 5.82 Å². The summed E-state index contributed by atoms with van der Waals surface area (Å²) in [4.78, 5) is 15.0. The van der Waals surface area contributed by atoms with E-state index in [2.05, 4.69) is 10.2 Å². The zero-order valence-corrected chi connectivity index (χ0v) is 16.5. The highest BCUT2D eigenvalue weighted by atomic mass is 19.1. The van der Waals surface area contributed by atoms with Gasteiger partial charge in [-0.1, -0.05) is 6.92 Å². The summed E-state index contributed by atoms with van der Waals surface area (Å²) in [5.74, 6) is 0.891. The van der Waals surface area contributed by atoms with Gasteiger partial charge in [0.15, 0.2) is 0 Å². The van der Waals surface area contributed by atoms with Crippen LogP contribution in [0.4, 0.5) is 4.39 Å². The third-order valence-corrected chi connectivity index (χ3v) is 5.18. The molecule has 1 aromatic heterocycles. The predicted octanol–water partition coefficient (Wildman–Crippen LogP) is 4.19. The van der Waals surface area contributed by atoms with E-state index in [-0.39, 0.29) is 17.8 Å². The van der Waals surface area contributed by atoms with Gasteiger partial charge in [0, 0.05) is 23.2 Å². The molecule has 0 fully saturated rings. The number of H-pyrrole nitrogens is 1. The SMILES string of the molecule is CCCN1C(=O)c2[nH]nc(-c3ccc(F)cc3)c2[C@H]1c1cc(OC)ccc1OC. The molecule has 1 aliphatic heterocycles. The summed E-state index contributed by atoms with van der Waals surface area (Å²) in [6.45, 7) is 2.61. The number of aromatic amines is 1. The van der Waals surface area contributed by atoms with Gasteiger partial charge in [-0.3, -0.25) is 9.89 Å². The lowest BCUT2D eigenvalue weighted by Crippen LogP contribution is -2.30. The number of halogens is 1. The second kappa shape index (κ2) is 7.58. The Morgan fingerprint density at radius 1 is 1.14 bits per heavy atom. The highest BCUT2D eigenvalue weighted by molar-refractivity contribution is 6.00. The van der Waals surface area contributed by atoms with Gasteiger partial charge in [0.05, 0.1) is 26.0 Å². The van der Waals surface area contributed by atoms with Gasteiger partial charge in [-0.25, -0.2) is 4.39 Å². The minimum absolute atomic E-state index is 0.113. The lowest BCUT2D eigenvalue weighted by Gasteiger charge is -2.27. The van der Waals surface area contributed by atoms with Crippen molar-refractivity contribution >= 4 is 5.91 Å². The maximum Gasteiger partial charge on any atom is 0.273 e. The molecule has 6 nitrogen and oxygen atoms in total. The topological polar surface area (TPSA) is 67.5 Å². The molecule has 150 valence electrons. The molecule has 2 aromatic carbocycles. The van der Waals surface area contributed by atoms with Crippen molar-refractivity contribution in [3.63, 3.8) is 0 Å². The van der Waals surface area contributed by atoms with Crippen molar-refractivity contribution < 1.29 is 18.7 Å². The maximum absolute atomic E-state index is 13.4. The number of carbonyl (C=O) groups excluding carboxylic acids is 1. The highest BCUT2D eigenvalue weighted by Gasteiger charge is 2.43. The zero-order chi connectivity index (χ0) is 20.5. The molecule has 7 heteroatoms. The van der Waals surface area contributed by atoms with Crippen LogP contribution in [0.15, 0.2) is 42.5 Å². The molecule has 1 N–H and O–H groups in total. The van der Waals surface area contributed by atoms with Crippen LogP contribution in [0.1, 0.15) is 41.0 Å². The summed E-state index contributed by atoms with van der Waals surface area (Å²) in [5, 5.41) is 7.29. The van der Waals surface area contributed by atoms with E-state index in [0.29, 0.717) is 29.4 Å². The Bertz CT molecular complexity index is 1050. The minimum atomic E-state index is -0.388. The summed E-state index contributed by atoms with van der Waals surface area (Å²) in [6, 6.07) is 11.3.